The molecule has 0 aromatic heterocycles. The van der Waals surface area contributed by atoms with Gasteiger partial charge in [0.05, 0.1) is 13.2 Å². The molecule has 2 N–H and O–H groups in total. The molecule has 0 aromatic carbocycles. The molecule has 144 valence electrons. The lowest BCUT2D eigenvalue weighted by Crippen LogP contribution is -2.50. The maximum atomic E-state index is 6.09. The summed E-state index contributed by atoms with van der Waals surface area (Å²) in [5, 5.41) is 0. The normalized spacial score (nSPS) is 28.1. The Balaban J connectivity index is 2.41. The first-order chi connectivity index (χ1) is 11.9. The number of nitrogens with two attached hydrogens (primary N) is 1. The second kappa shape index (κ2) is 8.67. The SMILES string of the molecule is CCN1C=C([C@H](C)CCN)C(C)(OC)C(C)=C1C(C)N1CCOCC1. The first-order valence-electron chi connectivity index (χ1n) is 9.67. The summed E-state index contributed by atoms with van der Waals surface area (Å²) in [4.78, 5) is 4.93. The van der Waals surface area contributed by atoms with E-state index in [4.69, 9.17) is 15.2 Å². The minimum Gasteiger partial charge on any atom is -0.379 e. The van der Waals surface area contributed by atoms with Crippen molar-refractivity contribution in [3.8, 4) is 0 Å². The van der Waals surface area contributed by atoms with Crippen molar-refractivity contribution in [1.82, 2.24) is 9.80 Å². The number of hydrogen-bond donors (Lipinski definition) is 1. The number of morpholine rings is 1. The van der Waals surface area contributed by atoms with Crippen LogP contribution in [0.25, 0.3) is 0 Å². The average molecular weight is 352 g/mol. The third kappa shape index (κ3) is 3.95. The van der Waals surface area contributed by atoms with Crippen LogP contribution in [-0.2, 0) is 9.47 Å². The second-order valence-corrected chi connectivity index (χ2v) is 7.42. The second-order valence-electron chi connectivity index (χ2n) is 7.42. The maximum absolute atomic E-state index is 6.09. The number of likely N-dealkylation sites (N-methyl/N-ethyl adjacent to an activating group) is 1. The van der Waals surface area contributed by atoms with Crippen LogP contribution >= 0.6 is 0 Å². The third-order valence-electron chi connectivity index (χ3n) is 6.12. The molecule has 5 heteroatoms. The van der Waals surface area contributed by atoms with Gasteiger partial charge in [-0.1, -0.05) is 6.92 Å². The van der Waals surface area contributed by atoms with Crippen LogP contribution in [0, 0.1) is 5.92 Å². The molecule has 3 atom stereocenters. The summed E-state index contributed by atoms with van der Waals surface area (Å²) < 4.78 is 11.6. The van der Waals surface area contributed by atoms with Crippen molar-refractivity contribution in [2.75, 3.05) is 46.5 Å². The van der Waals surface area contributed by atoms with Crippen LogP contribution in [0.2, 0.25) is 0 Å². The van der Waals surface area contributed by atoms with E-state index in [-0.39, 0.29) is 5.60 Å². The van der Waals surface area contributed by atoms with Gasteiger partial charge < -0.3 is 20.1 Å². The summed E-state index contributed by atoms with van der Waals surface area (Å²) in [7, 11) is 1.82. The molecular formula is C20H37N3O2. The lowest BCUT2D eigenvalue weighted by atomic mass is 9.76. The van der Waals surface area contributed by atoms with E-state index in [1.54, 1.807) is 0 Å². The van der Waals surface area contributed by atoms with Gasteiger partial charge in [-0.25, -0.2) is 0 Å². The van der Waals surface area contributed by atoms with E-state index in [0.29, 0.717) is 18.5 Å². The molecular weight excluding hydrogens is 314 g/mol. The Hall–Kier alpha value is -0.880. The van der Waals surface area contributed by atoms with Gasteiger partial charge in [0.1, 0.15) is 5.60 Å². The van der Waals surface area contributed by atoms with E-state index in [9.17, 15) is 0 Å². The summed E-state index contributed by atoms with van der Waals surface area (Å²) in [6, 6.07) is 0.348. The third-order valence-corrected chi connectivity index (χ3v) is 6.12. The Morgan fingerprint density at radius 3 is 2.48 bits per heavy atom. The van der Waals surface area contributed by atoms with Crippen LogP contribution in [-0.4, -0.2) is 67.9 Å². The fraction of sp³-hybridized carbons (Fsp3) is 0.800. The van der Waals surface area contributed by atoms with Gasteiger partial charge in [0, 0.05) is 44.7 Å². The maximum Gasteiger partial charge on any atom is 0.111 e. The summed E-state index contributed by atoms with van der Waals surface area (Å²) in [5.74, 6) is 0.402. The molecule has 1 saturated heterocycles. The van der Waals surface area contributed by atoms with Crippen molar-refractivity contribution >= 4 is 0 Å². The molecule has 0 amide bonds. The number of rotatable bonds is 7. The number of methoxy groups -OCH3 is 1. The van der Waals surface area contributed by atoms with Crippen molar-refractivity contribution in [2.45, 2.75) is 52.7 Å². The van der Waals surface area contributed by atoms with Crippen molar-refractivity contribution < 1.29 is 9.47 Å². The Morgan fingerprint density at radius 1 is 1.32 bits per heavy atom. The van der Waals surface area contributed by atoms with Crippen LogP contribution in [0.1, 0.15) is 41.0 Å². The molecule has 2 aliphatic heterocycles. The fourth-order valence-corrected chi connectivity index (χ4v) is 4.26. The van der Waals surface area contributed by atoms with Gasteiger partial charge in [0.15, 0.2) is 0 Å². The first kappa shape index (κ1) is 20.4. The topological polar surface area (TPSA) is 51.0 Å². The van der Waals surface area contributed by atoms with Crippen molar-refractivity contribution in [3.05, 3.63) is 23.0 Å². The first-order valence-corrected chi connectivity index (χ1v) is 9.67. The predicted octanol–water partition coefficient (Wildman–Crippen LogP) is 2.59. The molecule has 0 saturated carbocycles. The zero-order valence-electron chi connectivity index (χ0n) is 17.0. The molecule has 0 spiro atoms. The van der Waals surface area contributed by atoms with E-state index in [0.717, 1.165) is 39.3 Å². The van der Waals surface area contributed by atoms with Crippen molar-refractivity contribution in [3.63, 3.8) is 0 Å². The van der Waals surface area contributed by atoms with Crippen molar-refractivity contribution in [1.29, 1.82) is 0 Å². The minimum absolute atomic E-state index is 0.348. The van der Waals surface area contributed by atoms with E-state index in [1.165, 1.54) is 16.8 Å². The van der Waals surface area contributed by atoms with Crippen LogP contribution in [0.4, 0.5) is 0 Å². The van der Waals surface area contributed by atoms with Gasteiger partial charge in [-0.3, -0.25) is 4.90 Å². The highest BCUT2D eigenvalue weighted by Crippen LogP contribution is 2.42. The van der Waals surface area contributed by atoms with Gasteiger partial charge in [-0.05, 0) is 57.7 Å². The summed E-state index contributed by atoms with van der Waals surface area (Å²) in [6.45, 7) is 16.5. The highest BCUT2D eigenvalue weighted by atomic mass is 16.5. The van der Waals surface area contributed by atoms with Crippen LogP contribution in [0.15, 0.2) is 23.0 Å². The van der Waals surface area contributed by atoms with Crippen LogP contribution in [0.3, 0.4) is 0 Å². The molecule has 2 rings (SSSR count). The molecule has 2 aliphatic rings. The minimum atomic E-state index is -0.365. The Morgan fingerprint density at radius 2 is 1.96 bits per heavy atom. The smallest absolute Gasteiger partial charge is 0.111 e. The van der Waals surface area contributed by atoms with E-state index < -0.39 is 0 Å². The van der Waals surface area contributed by atoms with Gasteiger partial charge in [0.2, 0.25) is 0 Å². The molecule has 25 heavy (non-hydrogen) atoms. The summed E-state index contributed by atoms with van der Waals surface area (Å²) in [6.07, 6.45) is 3.30. The molecule has 0 aliphatic carbocycles. The number of ether oxygens (including phenoxy) is 2. The highest BCUT2D eigenvalue weighted by Gasteiger charge is 2.41. The van der Waals surface area contributed by atoms with E-state index in [1.807, 2.05) is 7.11 Å². The van der Waals surface area contributed by atoms with E-state index >= 15 is 0 Å². The highest BCUT2D eigenvalue weighted by molar-refractivity contribution is 5.41. The van der Waals surface area contributed by atoms with Crippen LogP contribution < -0.4 is 5.73 Å². The standard InChI is InChI=1S/C20H37N3O2/c1-7-22-14-18(15(2)8-9-21)20(5,24-6)16(3)19(22)17(4)23-10-12-25-13-11-23/h14-15,17H,7-13,21H2,1-6H3/t15-,17?,20?/m1/s1. The molecule has 2 heterocycles. The zero-order chi connectivity index (χ0) is 18.6. The van der Waals surface area contributed by atoms with E-state index in [2.05, 4.69) is 50.6 Å². The Labute approximate surface area is 153 Å². The molecule has 0 aromatic rings. The number of hydrogen-bond acceptors (Lipinski definition) is 5. The quantitative estimate of drug-likeness (QED) is 0.764. The number of nitrogens with zero attached hydrogens (tertiary/aromatic N) is 2. The van der Waals surface area contributed by atoms with Gasteiger partial charge in [0.25, 0.3) is 0 Å². The molecule has 0 bridgehead atoms. The lowest BCUT2D eigenvalue weighted by molar-refractivity contribution is 0.0178. The zero-order valence-corrected chi connectivity index (χ0v) is 17.0. The monoisotopic (exact) mass is 351 g/mol. The molecule has 1 fully saturated rings. The summed E-state index contributed by atoms with van der Waals surface area (Å²) >= 11 is 0. The lowest BCUT2D eigenvalue weighted by Gasteiger charge is -2.47. The van der Waals surface area contributed by atoms with Crippen molar-refractivity contribution in [2.24, 2.45) is 11.7 Å². The van der Waals surface area contributed by atoms with Gasteiger partial charge in [-0.15, -0.1) is 0 Å². The van der Waals surface area contributed by atoms with Gasteiger partial charge >= 0.3 is 0 Å². The average Bonchev–Trinajstić information content (AvgIpc) is 2.63. The molecule has 0 radical (unpaired) electrons. The largest absolute Gasteiger partial charge is 0.379 e. The molecule has 2 unspecified atom stereocenters. The predicted molar refractivity (Wildman–Crippen MR) is 103 cm³/mol. The van der Waals surface area contributed by atoms with Gasteiger partial charge in [-0.2, -0.15) is 0 Å². The Bertz CT molecular complexity index is 511. The molecule has 5 nitrogen and oxygen atoms in total. The summed E-state index contributed by atoms with van der Waals surface area (Å²) in [5.41, 5.74) is 9.48. The fourth-order valence-electron chi connectivity index (χ4n) is 4.26. The Kier molecular flexibility index (Phi) is 7.09. The van der Waals surface area contributed by atoms with Crippen LogP contribution in [0.5, 0.6) is 0 Å².